The Morgan fingerprint density at radius 3 is 1.74 bits per heavy atom. The van der Waals surface area contributed by atoms with E-state index in [1.807, 2.05) is 0 Å². The number of benzene rings is 2. The third-order valence-corrected chi connectivity index (χ3v) is 7.04. The molecule has 1 heteroatoms. The van der Waals surface area contributed by atoms with E-state index in [2.05, 4.69) is 72.5 Å². The number of hydrogen-bond donors (Lipinski definition) is 0. The maximum Gasteiger partial charge on any atom is 0.00190 e. The minimum absolute atomic E-state index is 1.20. The van der Waals surface area contributed by atoms with Crippen molar-refractivity contribution in [2.45, 2.75) is 71.1 Å². The number of fused-ring (bicyclic) bond motifs is 2. The van der Waals surface area contributed by atoms with Crippen molar-refractivity contribution in [3.63, 3.8) is 0 Å². The lowest BCUT2D eigenvalue weighted by atomic mass is 9.86. The number of unbranched alkanes of at least 4 members (excludes halogenated alkanes) is 7. The molecule has 0 bridgehead atoms. The molecule has 0 amide bonds. The lowest BCUT2D eigenvalue weighted by Gasteiger charge is -2.30. The first kappa shape index (κ1) is 22.1. The molecule has 0 saturated carbocycles. The Balaban J connectivity index is 1.37. The highest BCUT2D eigenvalue weighted by atomic mass is 15.1. The molecule has 0 N–H and O–H groups in total. The molecule has 1 nitrogen and oxygen atoms in total. The van der Waals surface area contributed by atoms with Crippen LogP contribution in [0.15, 0.2) is 54.1 Å². The molecule has 0 radical (unpaired) electrons. The van der Waals surface area contributed by atoms with Crippen LogP contribution in [0.3, 0.4) is 0 Å². The Bertz CT molecular complexity index is 843. The van der Waals surface area contributed by atoms with Gasteiger partial charge < -0.3 is 4.90 Å². The molecule has 2 aromatic rings. The van der Waals surface area contributed by atoms with E-state index < -0.39 is 0 Å². The third kappa shape index (κ3) is 5.77. The molecule has 1 saturated heterocycles. The fourth-order valence-corrected chi connectivity index (χ4v) is 5.21. The molecule has 0 spiro atoms. The Hall–Kier alpha value is -2.12. The number of piperidine rings is 1. The van der Waals surface area contributed by atoms with Gasteiger partial charge in [0, 0.05) is 13.1 Å². The van der Waals surface area contributed by atoms with Gasteiger partial charge in [-0.3, -0.25) is 0 Å². The summed E-state index contributed by atoms with van der Waals surface area (Å²) < 4.78 is 0. The van der Waals surface area contributed by atoms with Crippen LogP contribution in [0.5, 0.6) is 0 Å². The molecule has 2 aromatic carbocycles. The Morgan fingerprint density at radius 2 is 1.16 bits per heavy atom. The average Bonchev–Trinajstić information content (AvgIpc) is 2.98. The zero-order valence-electron chi connectivity index (χ0n) is 19.4. The summed E-state index contributed by atoms with van der Waals surface area (Å²) in [5, 5.41) is 0. The predicted octanol–water partition coefficient (Wildman–Crippen LogP) is 8.21. The van der Waals surface area contributed by atoms with E-state index in [0.717, 1.165) is 0 Å². The Labute approximate surface area is 189 Å². The van der Waals surface area contributed by atoms with Gasteiger partial charge in [0.15, 0.2) is 0 Å². The molecule has 0 aromatic heterocycles. The van der Waals surface area contributed by atoms with Crippen LogP contribution in [-0.2, 0) is 0 Å². The molecule has 164 valence electrons. The van der Waals surface area contributed by atoms with Gasteiger partial charge in [-0.05, 0) is 53.6 Å². The lowest BCUT2D eigenvalue weighted by molar-refractivity contribution is 0.251. The molecule has 2 aliphatic rings. The zero-order valence-corrected chi connectivity index (χ0v) is 19.4. The summed E-state index contributed by atoms with van der Waals surface area (Å²) in [7, 11) is 0. The van der Waals surface area contributed by atoms with Crippen molar-refractivity contribution in [1.29, 1.82) is 0 Å². The number of likely N-dealkylation sites (tertiary alicyclic amines) is 1. The van der Waals surface area contributed by atoms with Crippen molar-refractivity contribution in [3.05, 3.63) is 76.4 Å². The summed E-state index contributed by atoms with van der Waals surface area (Å²) >= 11 is 0. The summed E-state index contributed by atoms with van der Waals surface area (Å²) in [5.41, 5.74) is 8.68. The van der Waals surface area contributed by atoms with Crippen molar-refractivity contribution >= 4 is 17.7 Å². The maximum atomic E-state index is 2.70. The van der Waals surface area contributed by atoms with E-state index in [4.69, 9.17) is 0 Å². The van der Waals surface area contributed by atoms with Gasteiger partial charge in [-0.15, -0.1) is 0 Å². The van der Waals surface area contributed by atoms with Crippen LogP contribution in [0.4, 0.5) is 0 Å². The first-order chi connectivity index (χ1) is 15.4. The minimum Gasteiger partial charge on any atom is -0.303 e. The highest BCUT2D eigenvalue weighted by Gasteiger charge is 2.22. The topological polar surface area (TPSA) is 3.24 Å². The van der Waals surface area contributed by atoms with E-state index in [9.17, 15) is 0 Å². The van der Waals surface area contributed by atoms with Crippen LogP contribution in [-0.4, -0.2) is 24.5 Å². The Morgan fingerprint density at radius 1 is 0.645 bits per heavy atom. The second-order valence-corrected chi connectivity index (χ2v) is 9.30. The molecule has 31 heavy (non-hydrogen) atoms. The highest BCUT2D eigenvalue weighted by Crippen LogP contribution is 2.38. The standard InChI is InChI=1S/C30H39N/c1-2-3-4-5-6-7-8-13-22-31-23-20-27(21-24-31)30-28-16-11-9-14-25(28)18-19-26-15-10-12-17-29(26)30/h9-12,14-19H,2-8,13,20-24H2,1H3. The number of nitrogens with zero attached hydrogens (tertiary/aromatic N) is 1. The van der Waals surface area contributed by atoms with Gasteiger partial charge in [0.05, 0.1) is 0 Å². The molecule has 4 rings (SSSR count). The van der Waals surface area contributed by atoms with Crippen molar-refractivity contribution < 1.29 is 0 Å². The van der Waals surface area contributed by atoms with Gasteiger partial charge >= 0.3 is 0 Å². The van der Waals surface area contributed by atoms with E-state index in [1.54, 1.807) is 5.57 Å². The first-order valence-corrected chi connectivity index (χ1v) is 12.7. The van der Waals surface area contributed by atoms with E-state index in [1.165, 1.54) is 112 Å². The van der Waals surface area contributed by atoms with Gasteiger partial charge in [0.2, 0.25) is 0 Å². The van der Waals surface area contributed by atoms with Crippen LogP contribution in [0.25, 0.3) is 17.7 Å². The SMILES string of the molecule is CCCCCCCCCCN1CCC(=C2c3ccccc3C=Cc3ccccc32)CC1. The van der Waals surface area contributed by atoms with Gasteiger partial charge in [-0.1, -0.05) is 118 Å². The van der Waals surface area contributed by atoms with Crippen molar-refractivity contribution in [1.82, 2.24) is 4.90 Å². The zero-order chi connectivity index (χ0) is 21.3. The van der Waals surface area contributed by atoms with Gasteiger partial charge in [-0.2, -0.15) is 0 Å². The third-order valence-electron chi connectivity index (χ3n) is 7.04. The van der Waals surface area contributed by atoms with Crippen molar-refractivity contribution in [3.8, 4) is 0 Å². The van der Waals surface area contributed by atoms with Crippen LogP contribution < -0.4 is 0 Å². The Kier molecular flexibility index (Phi) is 8.18. The molecule has 1 aliphatic heterocycles. The summed E-state index contributed by atoms with van der Waals surface area (Å²) in [6, 6.07) is 17.9. The molecular weight excluding hydrogens is 374 g/mol. The average molecular weight is 414 g/mol. The maximum absolute atomic E-state index is 2.70. The molecule has 1 heterocycles. The number of rotatable bonds is 9. The first-order valence-electron chi connectivity index (χ1n) is 12.7. The summed E-state index contributed by atoms with van der Waals surface area (Å²) in [6.45, 7) is 6.01. The van der Waals surface area contributed by atoms with Crippen LogP contribution in [0.2, 0.25) is 0 Å². The molecule has 1 fully saturated rings. The lowest BCUT2D eigenvalue weighted by Crippen LogP contribution is -2.32. The molecular formula is C30H39N. The van der Waals surface area contributed by atoms with Gasteiger partial charge in [0.1, 0.15) is 0 Å². The molecule has 0 unspecified atom stereocenters. The second-order valence-electron chi connectivity index (χ2n) is 9.30. The summed E-state index contributed by atoms with van der Waals surface area (Å²) in [6.07, 6.45) is 18.3. The van der Waals surface area contributed by atoms with Gasteiger partial charge in [0.25, 0.3) is 0 Å². The molecule has 0 atom stereocenters. The van der Waals surface area contributed by atoms with E-state index in [-0.39, 0.29) is 0 Å². The minimum atomic E-state index is 1.20. The molecule has 1 aliphatic carbocycles. The van der Waals surface area contributed by atoms with Gasteiger partial charge in [-0.25, -0.2) is 0 Å². The predicted molar refractivity (Wildman–Crippen MR) is 136 cm³/mol. The summed E-state index contributed by atoms with van der Waals surface area (Å²) in [4.78, 5) is 2.70. The monoisotopic (exact) mass is 413 g/mol. The summed E-state index contributed by atoms with van der Waals surface area (Å²) in [5.74, 6) is 0. The number of hydrogen-bond acceptors (Lipinski definition) is 1. The fraction of sp³-hybridized carbons (Fsp3) is 0.467. The fourth-order valence-electron chi connectivity index (χ4n) is 5.21. The van der Waals surface area contributed by atoms with E-state index in [0.29, 0.717) is 0 Å². The highest BCUT2D eigenvalue weighted by molar-refractivity contribution is 5.94. The second kappa shape index (κ2) is 11.5. The van der Waals surface area contributed by atoms with Crippen molar-refractivity contribution in [2.24, 2.45) is 0 Å². The normalized spacial score (nSPS) is 16.2. The van der Waals surface area contributed by atoms with Crippen LogP contribution >= 0.6 is 0 Å². The largest absolute Gasteiger partial charge is 0.303 e. The van der Waals surface area contributed by atoms with Crippen LogP contribution in [0.1, 0.15) is 93.4 Å². The quantitative estimate of drug-likeness (QED) is 0.319. The van der Waals surface area contributed by atoms with E-state index >= 15 is 0 Å². The van der Waals surface area contributed by atoms with Crippen LogP contribution in [0, 0.1) is 0 Å². The van der Waals surface area contributed by atoms with Crippen molar-refractivity contribution in [2.75, 3.05) is 19.6 Å². The smallest absolute Gasteiger partial charge is 0.00190 e.